The third kappa shape index (κ3) is 4.98. The number of carbonyl (C=O) groups excluding carboxylic acids is 1. The first kappa shape index (κ1) is 17.4. The lowest BCUT2D eigenvalue weighted by Gasteiger charge is -2.14. The predicted molar refractivity (Wildman–Crippen MR) is 80.2 cm³/mol. The Bertz CT molecular complexity index is 534. The molecule has 1 aromatic rings. The summed E-state index contributed by atoms with van der Waals surface area (Å²) in [4.78, 5) is 22.0. The quantitative estimate of drug-likeness (QED) is 0.573. The van der Waals surface area contributed by atoms with E-state index in [0.29, 0.717) is 11.0 Å². The van der Waals surface area contributed by atoms with Crippen molar-refractivity contribution in [1.82, 2.24) is 5.32 Å². The van der Waals surface area contributed by atoms with E-state index < -0.39 is 11.0 Å². The summed E-state index contributed by atoms with van der Waals surface area (Å²) in [6, 6.07) is 2.79. The van der Waals surface area contributed by atoms with Crippen LogP contribution in [0, 0.1) is 10.1 Å². The maximum absolute atomic E-state index is 11.5. The number of hydrogen-bond acceptors (Lipinski definition) is 5. The number of aliphatic hydroxyl groups is 1. The predicted octanol–water partition coefficient (Wildman–Crippen LogP) is 2.32. The summed E-state index contributed by atoms with van der Waals surface area (Å²) < 4.78 is 5.72. The first-order valence-corrected chi connectivity index (χ1v) is 7.21. The Morgan fingerprint density at radius 3 is 2.76 bits per heavy atom. The maximum atomic E-state index is 11.5. The molecule has 0 aromatic heterocycles. The summed E-state index contributed by atoms with van der Waals surface area (Å²) in [5, 5.41) is 23.4. The highest BCUT2D eigenvalue weighted by molar-refractivity contribution is 9.10. The highest BCUT2D eigenvalue weighted by atomic mass is 79.9. The molecule has 1 aromatic carbocycles. The largest absolute Gasteiger partial charge is 0.476 e. The number of halogens is 1. The van der Waals surface area contributed by atoms with Crippen molar-refractivity contribution in [2.45, 2.75) is 26.4 Å². The summed E-state index contributed by atoms with van der Waals surface area (Å²) in [6.07, 6.45) is -0.182. The van der Waals surface area contributed by atoms with E-state index in [1.165, 1.54) is 19.1 Å². The summed E-state index contributed by atoms with van der Waals surface area (Å²) >= 11 is 3.15. The molecule has 0 spiro atoms. The number of nitrogens with one attached hydrogen (secondary N) is 1. The molecule has 0 saturated carbocycles. The van der Waals surface area contributed by atoms with Crippen LogP contribution in [0.1, 0.15) is 31.9 Å². The normalized spacial score (nSPS) is 11.8. The maximum Gasteiger partial charge on any atom is 0.312 e. The van der Waals surface area contributed by atoms with E-state index in [1.807, 2.05) is 6.92 Å². The van der Waals surface area contributed by atoms with E-state index in [9.17, 15) is 20.0 Å². The first-order chi connectivity index (χ1) is 9.86. The van der Waals surface area contributed by atoms with Crippen LogP contribution in [0.2, 0.25) is 0 Å². The zero-order valence-electron chi connectivity index (χ0n) is 11.8. The van der Waals surface area contributed by atoms with E-state index >= 15 is 0 Å². The Morgan fingerprint density at radius 2 is 2.24 bits per heavy atom. The van der Waals surface area contributed by atoms with Gasteiger partial charge in [0.1, 0.15) is 0 Å². The van der Waals surface area contributed by atoms with Gasteiger partial charge in [-0.15, -0.1) is 0 Å². The van der Waals surface area contributed by atoms with Crippen molar-refractivity contribution in [2.75, 3.05) is 13.2 Å². The highest BCUT2D eigenvalue weighted by Crippen LogP contribution is 2.37. The van der Waals surface area contributed by atoms with E-state index in [2.05, 4.69) is 21.2 Å². The van der Waals surface area contributed by atoms with Crippen LogP contribution in [-0.4, -0.2) is 29.1 Å². The number of nitrogens with zero attached hydrogens (tertiary/aromatic N) is 1. The lowest BCUT2D eigenvalue weighted by atomic mass is 10.1. The number of hydrogen-bond donors (Lipinski definition) is 2. The molecule has 0 radical (unpaired) electrons. The molecule has 0 unspecified atom stereocenters. The Balaban J connectivity index is 3.02. The van der Waals surface area contributed by atoms with Gasteiger partial charge in [-0.05, 0) is 19.4 Å². The number of amides is 1. The van der Waals surface area contributed by atoms with Gasteiger partial charge in [0.15, 0.2) is 6.61 Å². The molecule has 0 bridgehead atoms. The fourth-order valence-electron chi connectivity index (χ4n) is 1.66. The average molecular weight is 361 g/mol. The summed E-state index contributed by atoms with van der Waals surface area (Å²) in [5.41, 5.74) is -0.0528. The van der Waals surface area contributed by atoms with Crippen molar-refractivity contribution < 1.29 is 19.6 Å². The van der Waals surface area contributed by atoms with E-state index in [1.54, 1.807) is 0 Å². The molecule has 0 aliphatic carbocycles. The molecule has 0 heterocycles. The van der Waals surface area contributed by atoms with Crippen LogP contribution in [0.4, 0.5) is 5.69 Å². The zero-order valence-corrected chi connectivity index (χ0v) is 13.3. The van der Waals surface area contributed by atoms with Crippen LogP contribution < -0.4 is 10.1 Å². The first-order valence-electron chi connectivity index (χ1n) is 6.42. The lowest BCUT2D eigenvalue weighted by Crippen LogP contribution is -2.29. The van der Waals surface area contributed by atoms with Crippen LogP contribution in [0.3, 0.4) is 0 Å². The van der Waals surface area contributed by atoms with Gasteiger partial charge in [-0.3, -0.25) is 14.9 Å². The third-order valence-corrected chi connectivity index (χ3v) is 3.09. The van der Waals surface area contributed by atoms with Gasteiger partial charge in [0.2, 0.25) is 5.75 Å². The average Bonchev–Trinajstić information content (AvgIpc) is 2.42. The number of carbonyl (C=O) groups is 1. The fourth-order valence-corrected chi connectivity index (χ4v) is 2.12. The molecule has 2 N–H and O–H groups in total. The van der Waals surface area contributed by atoms with Gasteiger partial charge < -0.3 is 15.2 Å². The Morgan fingerprint density at radius 1 is 1.57 bits per heavy atom. The van der Waals surface area contributed by atoms with Crippen molar-refractivity contribution in [2.24, 2.45) is 0 Å². The molecule has 21 heavy (non-hydrogen) atoms. The lowest BCUT2D eigenvalue weighted by molar-refractivity contribution is -0.386. The number of ether oxygens (including phenoxy) is 1. The van der Waals surface area contributed by atoms with Gasteiger partial charge in [0.05, 0.1) is 11.0 Å². The van der Waals surface area contributed by atoms with Crippen molar-refractivity contribution in [1.29, 1.82) is 0 Å². The number of nitro benzene ring substituents is 1. The van der Waals surface area contributed by atoms with Gasteiger partial charge in [-0.2, -0.15) is 0 Å². The molecule has 0 aliphatic rings. The third-order valence-electron chi connectivity index (χ3n) is 2.63. The highest BCUT2D eigenvalue weighted by Gasteiger charge is 2.24. The molecule has 0 saturated heterocycles. The second kappa shape index (κ2) is 7.94. The topological polar surface area (TPSA) is 102 Å². The summed E-state index contributed by atoms with van der Waals surface area (Å²) in [5.74, 6) is -0.463. The smallest absolute Gasteiger partial charge is 0.312 e. The van der Waals surface area contributed by atoms with Crippen molar-refractivity contribution >= 4 is 27.5 Å². The molecule has 1 atom stereocenters. The van der Waals surface area contributed by atoms with Crippen LogP contribution in [0.25, 0.3) is 0 Å². The minimum absolute atomic E-state index is 0.0927. The Labute approximate surface area is 130 Å². The fraction of sp³-hybridized carbons (Fsp3) is 0.462. The number of rotatable bonds is 7. The molecule has 7 nitrogen and oxygen atoms in total. The minimum Gasteiger partial charge on any atom is -0.476 e. The van der Waals surface area contributed by atoms with Gasteiger partial charge in [0.25, 0.3) is 5.91 Å². The number of aliphatic hydroxyl groups excluding tert-OH is 1. The van der Waals surface area contributed by atoms with E-state index in [4.69, 9.17) is 4.74 Å². The standard InChI is InChI=1S/C13H17BrN2O5/c1-3-4-15-12(18)7-21-13-10(8(2)17)5-9(14)6-11(13)16(19)20/h5-6,8,17H,3-4,7H2,1-2H3,(H,15,18)/t8-/m1/s1. The van der Waals surface area contributed by atoms with Crippen molar-refractivity contribution in [3.63, 3.8) is 0 Å². The monoisotopic (exact) mass is 360 g/mol. The molecular formula is C13H17BrN2O5. The summed E-state index contributed by atoms with van der Waals surface area (Å²) in [7, 11) is 0. The molecule has 0 aliphatic heterocycles. The molecule has 116 valence electrons. The molecule has 0 fully saturated rings. The second-order valence-corrected chi connectivity index (χ2v) is 5.33. The molecule has 1 amide bonds. The second-order valence-electron chi connectivity index (χ2n) is 4.41. The SMILES string of the molecule is CCCNC(=O)COc1c([C@@H](C)O)cc(Br)cc1[N+](=O)[O-]. The zero-order chi connectivity index (χ0) is 16.0. The van der Waals surface area contributed by atoms with Gasteiger partial charge in [-0.1, -0.05) is 22.9 Å². The Kier molecular flexibility index (Phi) is 6.57. The van der Waals surface area contributed by atoms with Crippen molar-refractivity contribution in [3.05, 3.63) is 32.3 Å². The summed E-state index contributed by atoms with van der Waals surface area (Å²) in [6.45, 7) is 3.54. The van der Waals surface area contributed by atoms with Gasteiger partial charge in [-0.25, -0.2) is 0 Å². The van der Waals surface area contributed by atoms with Crippen LogP contribution in [-0.2, 0) is 4.79 Å². The van der Waals surface area contributed by atoms with Crippen LogP contribution >= 0.6 is 15.9 Å². The van der Waals surface area contributed by atoms with Crippen LogP contribution in [0.15, 0.2) is 16.6 Å². The molecular weight excluding hydrogens is 344 g/mol. The Hall–Kier alpha value is -1.67. The van der Waals surface area contributed by atoms with E-state index in [-0.39, 0.29) is 29.5 Å². The van der Waals surface area contributed by atoms with E-state index in [0.717, 1.165) is 6.42 Å². The van der Waals surface area contributed by atoms with Crippen molar-refractivity contribution in [3.8, 4) is 5.75 Å². The van der Waals surface area contributed by atoms with Gasteiger partial charge >= 0.3 is 5.69 Å². The minimum atomic E-state index is -0.963. The molecule has 8 heteroatoms. The molecule has 1 rings (SSSR count). The number of benzene rings is 1. The van der Waals surface area contributed by atoms with Gasteiger partial charge in [0, 0.05) is 22.6 Å². The van der Waals surface area contributed by atoms with Crippen LogP contribution in [0.5, 0.6) is 5.75 Å². The number of nitro groups is 1.